The van der Waals surface area contributed by atoms with Gasteiger partial charge in [0.2, 0.25) is 0 Å². The SMILES string of the molecule is CCCCCCCC(SCC(N[C@@H](C)C(=O)O)C(=O)OCC)C(=O)OCC. The van der Waals surface area contributed by atoms with Gasteiger partial charge in [0.25, 0.3) is 0 Å². The first-order valence-electron chi connectivity index (χ1n) is 9.80. The number of hydrogen-bond donors (Lipinski definition) is 2. The first-order chi connectivity index (χ1) is 12.9. The second-order valence-electron chi connectivity index (χ2n) is 6.31. The molecule has 2 N–H and O–H groups in total. The highest BCUT2D eigenvalue weighted by Crippen LogP contribution is 2.21. The number of thioether (sulfide) groups is 1. The lowest BCUT2D eigenvalue weighted by Crippen LogP contribution is -2.48. The average Bonchev–Trinajstić information content (AvgIpc) is 2.62. The summed E-state index contributed by atoms with van der Waals surface area (Å²) in [5.74, 6) is -1.60. The molecule has 7 nitrogen and oxygen atoms in total. The third-order valence-corrected chi connectivity index (χ3v) is 5.33. The Bertz CT molecular complexity index is 446. The van der Waals surface area contributed by atoms with E-state index < -0.39 is 24.0 Å². The maximum absolute atomic E-state index is 12.2. The van der Waals surface area contributed by atoms with Crippen LogP contribution < -0.4 is 5.32 Å². The van der Waals surface area contributed by atoms with Crippen molar-refractivity contribution in [2.45, 2.75) is 83.6 Å². The molecule has 0 saturated heterocycles. The Balaban J connectivity index is 4.81. The van der Waals surface area contributed by atoms with Gasteiger partial charge in [-0.1, -0.05) is 39.0 Å². The van der Waals surface area contributed by atoms with Crippen molar-refractivity contribution in [2.75, 3.05) is 19.0 Å². The lowest BCUT2D eigenvalue weighted by atomic mass is 10.1. The van der Waals surface area contributed by atoms with E-state index in [4.69, 9.17) is 14.6 Å². The molecule has 8 heteroatoms. The van der Waals surface area contributed by atoms with E-state index in [0.717, 1.165) is 25.7 Å². The molecule has 0 fully saturated rings. The Morgan fingerprint density at radius 3 is 2.11 bits per heavy atom. The van der Waals surface area contributed by atoms with Crippen LogP contribution in [0, 0.1) is 0 Å². The number of carbonyl (C=O) groups excluding carboxylic acids is 2. The summed E-state index contributed by atoms with van der Waals surface area (Å²) >= 11 is 1.32. The fraction of sp³-hybridized carbons (Fsp3) is 0.842. The quantitative estimate of drug-likeness (QED) is 0.298. The van der Waals surface area contributed by atoms with Crippen molar-refractivity contribution in [3.8, 4) is 0 Å². The summed E-state index contributed by atoms with van der Waals surface area (Å²) in [5.41, 5.74) is 0. The molecule has 0 amide bonds. The van der Waals surface area contributed by atoms with Crippen molar-refractivity contribution in [1.82, 2.24) is 5.32 Å². The number of esters is 2. The number of rotatable bonds is 16. The van der Waals surface area contributed by atoms with Gasteiger partial charge in [-0.3, -0.25) is 19.7 Å². The Morgan fingerprint density at radius 1 is 0.963 bits per heavy atom. The summed E-state index contributed by atoms with van der Waals surface area (Å²) in [6.07, 6.45) is 6.13. The number of aliphatic carboxylic acids is 1. The van der Waals surface area contributed by atoms with Crippen molar-refractivity contribution in [2.24, 2.45) is 0 Å². The summed E-state index contributed by atoms with van der Waals surface area (Å²) in [5, 5.41) is 11.5. The van der Waals surface area contributed by atoms with E-state index in [2.05, 4.69) is 12.2 Å². The van der Waals surface area contributed by atoms with Crippen LogP contribution in [0.4, 0.5) is 0 Å². The molecule has 0 saturated carbocycles. The highest BCUT2D eigenvalue weighted by Gasteiger charge is 2.28. The highest BCUT2D eigenvalue weighted by atomic mass is 32.2. The van der Waals surface area contributed by atoms with E-state index in [9.17, 15) is 14.4 Å². The Kier molecular flexibility index (Phi) is 15.0. The standard InChI is InChI=1S/C19H35NO6S/c1-5-8-9-10-11-12-16(19(24)26-7-3)27-13-15(18(23)25-6-2)20-14(4)17(21)22/h14-16,20H,5-13H2,1-4H3,(H,21,22)/t14-,15?,16?/m0/s1. The molecule has 0 aromatic carbocycles. The number of hydrogen-bond acceptors (Lipinski definition) is 7. The fourth-order valence-corrected chi connectivity index (χ4v) is 3.64. The molecule has 0 aliphatic carbocycles. The third kappa shape index (κ3) is 11.9. The second kappa shape index (κ2) is 15.7. The van der Waals surface area contributed by atoms with Crippen LogP contribution >= 0.6 is 11.8 Å². The maximum atomic E-state index is 12.2. The molecule has 0 rings (SSSR count). The predicted molar refractivity (Wildman–Crippen MR) is 107 cm³/mol. The predicted octanol–water partition coefficient (Wildman–Crippen LogP) is 3.01. The van der Waals surface area contributed by atoms with Crippen molar-refractivity contribution >= 4 is 29.7 Å². The number of ether oxygens (including phenoxy) is 2. The van der Waals surface area contributed by atoms with Crippen LogP contribution in [-0.4, -0.2) is 59.3 Å². The molecule has 0 heterocycles. The van der Waals surface area contributed by atoms with E-state index in [-0.39, 0.29) is 23.6 Å². The van der Waals surface area contributed by atoms with Crippen molar-refractivity contribution in [1.29, 1.82) is 0 Å². The maximum Gasteiger partial charge on any atom is 0.324 e. The minimum absolute atomic E-state index is 0.210. The summed E-state index contributed by atoms with van der Waals surface area (Å²) in [7, 11) is 0. The van der Waals surface area contributed by atoms with Gasteiger partial charge in [-0.25, -0.2) is 0 Å². The van der Waals surface area contributed by atoms with Gasteiger partial charge in [0.15, 0.2) is 0 Å². The van der Waals surface area contributed by atoms with Gasteiger partial charge < -0.3 is 14.6 Å². The Hall–Kier alpha value is -1.28. The first kappa shape index (κ1) is 25.7. The van der Waals surface area contributed by atoms with E-state index in [1.807, 2.05) is 0 Å². The molecule has 0 bridgehead atoms. The van der Waals surface area contributed by atoms with Gasteiger partial charge >= 0.3 is 17.9 Å². The fourth-order valence-electron chi connectivity index (χ4n) is 2.45. The van der Waals surface area contributed by atoms with Crippen molar-refractivity contribution in [3.05, 3.63) is 0 Å². The zero-order valence-electron chi connectivity index (χ0n) is 17.0. The lowest BCUT2D eigenvalue weighted by Gasteiger charge is -2.22. The Morgan fingerprint density at radius 2 is 1.56 bits per heavy atom. The lowest BCUT2D eigenvalue weighted by molar-refractivity contribution is -0.146. The van der Waals surface area contributed by atoms with Gasteiger partial charge in [0.05, 0.1) is 13.2 Å². The Labute approximate surface area is 166 Å². The van der Waals surface area contributed by atoms with E-state index >= 15 is 0 Å². The number of nitrogens with one attached hydrogen (secondary N) is 1. The topological polar surface area (TPSA) is 102 Å². The van der Waals surface area contributed by atoms with Crippen LogP contribution in [0.1, 0.15) is 66.2 Å². The summed E-state index contributed by atoms with van der Waals surface area (Å²) in [6, 6.07) is -1.69. The van der Waals surface area contributed by atoms with Crippen LogP contribution in [0.3, 0.4) is 0 Å². The first-order valence-corrected chi connectivity index (χ1v) is 10.9. The molecular weight excluding hydrogens is 370 g/mol. The van der Waals surface area contributed by atoms with Gasteiger partial charge in [-0.2, -0.15) is 0 Å². The van der Waals surface area contributed by atoms with Gasteiger partial charge in [-0.05, 0) is 27.2 Å². The van der Waals surface area contributed by atoms with Gasteiger partial charge in [0.1, 0.15) is 17.3 Å². The molecule has 0 aliphatic heterocycles. The molecule has 0 radical (unpaired) electrons. The van der Waals surface area contributed by atoms with Crippen LogP contribution in [-0.2, 0) is 23.9 Å². The molecule has 0 aromatic heterocycles. The molecular formula is C19H35NO6S. The minimum Gasteiger partial charge on any atom is -0.480 e. The average molecular weight is 406 g/mol. The second-order valence-corrected chi connectivity index (χ2v) is 7.54. The molecule has 0 aromatic rings. The van der Waals surface area contributed by atoms with Crippen LogP contribution in [0.25, 0.3) is 0 Å². The van der Waals surface area contributed by atoms with Crippen LogP contribution in [0.15, 0.2) is 0 Å². The van der Waals surface area contributed by atoms with Crippen molar-refractivity contribution < 1.29 is 29.0 Å². The molecule has 2 unspecified atom stereocenters. The molecule has 27 heavy (non-hydrogen) atoms. The zero-order valence-corrected chi connectivity index (χ0v) is 17.8. The smallest absolute Gasteiger partial charge is 0.324 e. The van der Waals surface area contributed by atoms with E-state index in [1.54, 1.807) is 13.8 Å². The molecule has 0 spiro atoms. The van der Waals surface area contributed by atoms with Crippen molar-refractivity contribution in [3.63, 3.8) is 0 Å². The molecule has 0 aliphatic rings. The molecule has 158 valence electrons. The van der Waals surface area contributed by atoms with Crippen LogP contribution in [0.5, 0.6) is 0 Å². The largest absolute Gasteiger partial charge is 0.480 e. The monoisotopic (exact) mass is 405 g/mol. The van der Waals surface area contributed by atoms with E-state index in [0.29, 0.717) is 13.0 Å². The normalized spacial score (nSPS) is 14.2. The number of unbranched alkanes of at least 4 members (excludes halogenated alkanes) is 4. The summed E-state index contributed by atoms with van der Waals surface area (Å²) in [4.78, 5) is 35.4. The van der Waals surface area contributed by atoms with E-state index in [1.165, 1.54) is 25.1 Å². The van der Waals surface area contributed by atoms with Crippen LogP contribution in [0.2, 0.25) is 0 Å². The molecule has 3 atom stereocenters. The number of carboxylic acids is 1. The summed E-state index contributed by atoms with van der Waals surface area (Å²) in [6.45, 7) is 7.59. The number of carboxylic acid groups (broad SMARTS) is 1. The summed E-state index contributed by atoms with van der Waals surface area (Å²) < 4.78 is 10.2. The number of carbonyl (C=O) groups is 3. The third-order valence-electron chi connectivity index (χ3n) is 3.98. The highest BCUT2D eigenvalue weighted by molar-refractivity contribution is 8.00. The minimum atomic E-state index is -1.05. The zero-order chi connectivity index (χ0) is 20.7. The van der Waals surface area contributed by atoms with Gasteiger partial charge in [-0.15, -0.1) is 11.8 Å². The van der Waals surface area contributed by atoms with Gasteiger partial charge in [0, 0.05) is 5.75 Å².